The molecule has 90 valence electrons. The Bertz CT molecular complexity index is 604. The molecule has 0 unspecified atom stereocenters. The van der Waals surface area contributed by atoms with Crippen LogP contribution in [0.3, 0.4) is 0 Å². The van der Waals surface area contributed by atoms with E-state index in [0.29, 0.717) is 16.3 Å². The predicted molar refractivity (Wildman–Crippen MR) is 73.2 cm³/mol. The molecule has 0 spiro atoms. The van der Waals surface area contributed by atoms with Gasteiger partial charge in [-0.1, -0.05) is 11.6 Å². The third kappa shape index (κ3) is 2.70. The Morgan fingerprint density at radius 1 is 1.28 bits per heavy atom. The van der Waals surface area contributed by atoms with Crippen molar-refractivity contribution in [2.45, 2.75) is 0 Å². The van der Waals surface area contributed by atoms with Gasteiger partial charge in [-0.2, -0.15) is 5.26 Å². The van der Waals surface area contributed by atoms with Crippen molar-refractivity contribution in [3.8, 4) is 6.07 Å². The minimum absolute atomic E-state index is 0.544. The van der Waals surface area contributed by atoms with Crippen molar-refractivity contribution in [2.75, 3.05) is 17.7 Å². The Morgan fingerprint density at radius 2 is 2.11 bits per heavy atom. The van der Waals surface area contributed by atoms with Gasteiger partial charge >= 0.3 is 0 Å². The molecule has 0 bridgehead atoms. The van der Waals surface area contributed by atoms with Crippen molar-refractivity contribution in [3.63, 3.8) is 0 Å². The van der Waals surface area contributed by atoms with E-state index >= 15 is 0 Å². The van der Waals surface area contributed by atoms with Crippen LogP contribution in [0.5, 0.6) is 0 Å². The molecule has 2 rings (SSSR count). The van der Waals surface area contributed by atoms with Crippen molar-refractivity contribution >= 4 is 28.8 Å². The zero-order chi connectivity index (χ0) is 13.0. The van der Waals surface area contributed by atoms with Crippen LogP contribution in [0.25, 0.3) is 0 Å². The second-order valence-electron chi connectivity index (χ2n) is 3.61. The number of benzene rings is 1. The van der Waals surface area contributed by atoms with E-state index in [-0.39, 0.29) is 0 Å². The number of nitriles is 1. The highest BCUT2D eigenvalue weighted by Crippen LogP contribution is 2.24. The van der Waals surface area contributed by atoms with Crippen LogP contribution in [0.1, 0.15) is 5.56 Å². The molecule has 0 radical (unpaired) electrons. The third-order valence-corrected chi connectivity index (χ3v) is 2.63. The van der Waals surface area contributed by atoms with E-state index in [1.54, 1.807) is 31.4 Å². The number of aromatic nitrogens is 1. The van der Waals surface area contributed by atoms with Crippen molar-refractivity contribution < 1.29 is 0 Å². The van der Waals surface area contributed by atoms with Crippen molar-refractivity contribution in [1.82, 2.24) is 4.98 Å². The lowest BCUT2D eigenvalue weighted by atomic mass is 10.2. The number of nitrogens with one attached hydrogen (secondary N) is 2. The monoisotopic (exact) mass is 258 g/mol. The fourth-order valence-corrected chi connectivity index (χ4v) is 1.69. The number of hydrogen-bond acceptors (Lipinski definition) is 4. The molecule has 0 aliphatic rings. The summed E-state index contributed by atoms with van der Waals surface area (Å²) >= 11 is 5.92. The average molecular weight is 259 g/mol. The van der Waals surface area contributed by atoms with Crippen molar-refractivity contribution in [2.24, 2.45) is 0 Å². The molecule has 0 saturated heterocycles. The number of hydrogen-bond donors (Lipinski definition) is 2. The first-order chi connectivity index (χ1) is 8.72. The molecule has 0 aliphatic heterocycles. The molecule has 1 heterocycles. The molecule has 4 nitrogen and oxygen atoms in total. The summed E-state index contributed by atoms with van der Waals surface area (Å²) in [5.41, 5.74) is 2.06. The molecule has 0 atom stereocenters. The number of pyridine rings is 1. The Hall–Kier alpha value is -2.25. The third-order valence-electron chi connectivity index (χ3n) is 2.40. The Kier molecular flexibility index (Phi) is 3.66. The molecule has 18 heavy (non-hydrogen) atoms. The highest BCUT2D eigenvalue weighted by atomic mass is 35.5. The maximum atomic E-state index is 9.03. The summed E-state index contributed by atoms with van der Waals surface area (Å²) in [6.07, 6.45) is 1.69. The fourth-order valence-electron chi connectivity index (χ4n) is 1.52. The van der Waals surface area contributed by atoms with Crippen LogP contribution in [-0.4, -0.2) is 12.0 Å². The van der Waals surface area contributed by atoms with Gasteiger partial charge in [0.2, 0.25) is 0 Å². The summed E-state index contributed by atoms with van der Waals surface area (Å²) in [5, 5.41) is 15.7. The highest BCUT2D eigenvalue weighted by Gasteiger charge is 2.04. The van der Waals surface area contributed by atoms with Crippen LogP contribution in [0.4, 0.5) is 17.2 Å². The molecule has 1 aromatic carbocycles. The Balaban J connectivity index is 2.33. The molecule has 5 heteroatoms. The summed E-state index contributed by atoms with van der Waals surface area (Å²) in [7, 11) is 1.80. The molecule has 2 N–H and O–H groups in total. The second-order valence-corrected chi connectivity index (χ2v) is 4.04. The topological polar surface area (TPSA) is 60.7 Å². The first-order valence-corrected chi connectivity index (χ1v) is 5.71. The SMILES string of the molecule is CNc1cc(Nc2cc(Cl)ccc2C#N)ccn1. The minimum atomic E-state index is 0.544. The van der Waals surface area contributed by atoms with Gasteiger partial charge in [0.05, 0.1) is 11.3 Å². The Morgan fingerprint density at radius 3 is 2.83 bits per heavy atom. The Labute approximate surface area is 110 Å². The average Bonchev–Trinajstić information content (AvgIpc) is 2.39. The lowest BCUT2D eigenvalue weighted by Gasteiger charge is -2.09. The lowest BCUT2D eigenvalue weighted by molar-refractivity contribution is 1.28. The lowest BCUT2D eigenvalue weighted by Crippen LogP contribution is -1.96. The predicted octanol–water partition coefficient (Wildman–Crippen LogP) is 3.39. The minimum Gasteiger partial charge on any atom is -0.373 e. The molecular formula is C13H11ClN4. The highest BCUT2D eigenvalue weighted by molar-refractivity contribution is 6.30. The fraction of sp³-hybridized carbons (Fsp3) is 0.0769. The standard InChI is InChI=1S/C13H11ClN4/c1-16-13-7-11(4-5-17-13)18-12-6-10(14)3-2-9(12)8-15/h2-7H,1H3,(H2,16,17,18). The molecule has 0 saturated carbocycles. The van der Waals surface area contributed by atoms with Crippen molar-refractivity contribution in [3.05, 3.63) is 47.1 Å². The number of anilines is 3. The number of halogens is 1. The van der Waals surface area contributed by atoms with Gasteiger partial charge in [0.1, 0.15) is 11.9 Å². The zero-order valence-corrected chi connectivity index (χ0v) is 10.5. The van der Waals surface area contributed by atoms with E-state index in [1.807, 2.05) is 12.1 Å². The number of rotatable bonds is 3. The zero-order valence-electron chi connectivity index (χ0n) is 9.74. The van der Waals surface area contributed by atoms with Gasteiger partial charge in [0, 0.05) is 30.0 Å². The maximum absolute atomic E-state index is 9.03. The first kappa shape index (κ1) is 12.2. The van der Waals surface area contributed by atoms with Crippen LogP contribution < -0.4 is 10.6 Å². The van der Waals surface area contributed by atoms with Gasteiger partial charge in [-0.3, -0.25) is 0 Å². The molecule has 2 aromatic rings. The van der Waals surface area contributed by atoms with Gasteiger partial charge in [0.15, 0.2) is 0 Å². The van der Waals surface area contributed by atoms with E-state index in [0.717, 1.165) is 11.5 Å². The number of nitrogens with zero attached hydrogens (tertiary/aromatic N) is 2. The van der Waals surface area contributed by atoms with Crippen molar-refractivity contribution in [1.29, 1.82) is 5.26 Å². The first-order valence-electron chi connectivity index (χ1n) is 5.33. The van der Waals surface area contributed by atoms with Gasteiger partial charge in [-0.05, 0) is 24.3 Å². The summed E-state index contributed by atoms with van der Waals surface area (Å²) in [5.74, 6) is 0.750. The summed E-state index contributed by atoms with van der Waals surface area (Å²) in [4.78, 5) is 4.12. The van der Waals surface area contributed by atoms with Crippen LogP contribution in [0, 0.1) is 11.3 Å². The van der Waals surface area contributed by atoms with Gasteiger partial charge in [0.25, 0.3) is 0 Å². The maximum Gasteiger partial charge on any atom is 0.127 e. The summed E-state index contributed by atoms with van der Waals surface area (Å²) in [6, 6.07) is 10.9. The molecule has 0 amide bonds. The van der Waals surface area contributed by atoms with E-state index in [4.69, 9.17) is 16.9 Å². The molecule has 0 fully saturated rings. The van der Waals surface area contributed by atoms with Crippen LogP contribution in [-0.2, 0) is 0 Å². The molecular weight excluding hydrogens is 248 g/mol. The quantitative estimate of drug-likeness (QED) is 0.886. The normalized spacial score (nSPS) is 9.61. The summed E-state index contributed by atoms with van der Waals surface area (Å²) < 4.78 is 0. The summed E-state index contributed by atoms with van der Waals surface area (Å²) in [6.45, 7) is 0. The van der Waals surface area contributed by atoms with E-state index in [9.17, 15) is 0 Å². The van der Waals surface area contributed by atoms with E-state index in [1.165, 1.54) is 0 Å². The molecule has 0 aliphatic carbocycles. The van der Waals surface area contributed by atoms with Crippen LogP contribution >= 0.6 is 11.6 Å². The van der Waals surface area contributed by atoms with Crippen LogP contribution in [0.15, 0.2) is 36.5 Å². The van der Waals surface area contributed by atoms with Crippen LogP contribution in [0.2, 0.25) is 5.02 Å². The van der Waals surface area contributed by atoms with E-state index < -0.39 is 0 Å². The smallest absolute Gasteiger partial charge is 0.127 e. The van der Waals surface area contributed by atoms with E-state index in [2.05, 4.69) is 21.7 Å². The van der Waals surface area contributed by atoms with Gasteiger partial charge < -0.3 is 10.6 Å². The van der Waals surface area contributed by atoms with Gasteiger partial charge in [-0.25, -0.2) is 4.98 Å². The largest absolute Gasteiger partial charge is 0.373 e. The molecule has 1 aromatic heterocycles. The van der Waals surface area contributed by atoms with Gasteiger partial charge in [-0.15, -0.1) is 0 Å². The second kappa shape index (κ2) is 5.39.